The highest BCUT2D eigenvalue weighted by molar-refractivity contribution is 7.20. The highest BCUT2D eigenvalue weighted by atomic mass is 32.1. The zero-order chi connectivity index (χ0) is 24.4. The van der Waals surface area contributed by atoms with E-state index in [0.29, 0.717) is 23.7 Å². The molecule has 0 unspecified atom stereocenters. The van der Waals surface area contributed by atoms with Crippen molar-refractivity contribution < 1.29 is 18.4 Å². The van der Waals surface area contributed by atoms with Gasteiger partial charge in [-0.15, -0.1) is 11.3 Å². The van der Waals surface area contributed by atoms with Crippen molar-refractivity contribution in [3.8, 4) is 0 Å². The third-order valence-electron chi connectivity index (χ3n) is 5.49. The summed E-state index contributed by atoms with van der Waals surface area (Å²) in [5.41, 5.74) is 3.30. The van der Waals surface area contributed by atoms with Gasteiger partial charge in [0.1, 0.15) is 10.6 Å². The highest BCUT2D eigenvalue weighted by Gasteiger charge is 2.17. The number of benzene rings is 2. The summed E-state index contributed by atoms with van der Waals surface area (Å²) in [6.45, 7) is 2.75. The van der Waals surface area contributed by atoms with E-state index < -0.39 is 0 Å². The zero-order valence-corrected chi connectivity index (χ0v) is 19.6. The number of halogens is 1. The van der Waals surface area contributed by atoms with Crippen molar-refractivity contribution in [3.63, 3.8) is 0 Å². The summed E-state index contributed by atoms with van der Waals surface area (Å²) in [5.74, 6) is -0.539. The second-order valence-corrected chi connectivity index (χ2v) is 9.04. The fourth-order valence-electron chi connectivity index (χ4n) is 3.67. The van der Waals surface area contributed by atoms with E-state index in [-0.39, 0.29) is 23.4 Å². The van der Waals surface area contributed by atoms with E-state index in [0.717, 1.165) is 27.0 Å². The molecule has 176 valence electrons. The lowest BCUT2D eigenvalue weighted by molar-refractivity contribution is 0.0953. The number of amides is 2. The molecule has 2 N–H and O–H groups in total. The van der Waals surface area contributed by atoms with E-state index in [4.69, 9.17) is 4.42 Å². The molecule has 0 atom stereocenters. The van der Waals surface area contributed by atoms with Gasteiger partial charge in [-0.2, -0.15) is 5.10 Å². The van der Waals surface area contributed by atoms with Gasteiger partial charge in [-0.25, -0.2) is 4.39 Å². The molecule has 2 amide bonds. The van der Waals surface area contributed by atoms with Gasteiger partial charge < -0.3 is 15.1 Å². The first-order valence-corrected chi connectivity index (χ1v) is 11.7. The molecular formula is C26H21FN4O3S. The Morgan fingerprint density at radius 3 is 2.49 bits per heavy atom. The van der Waals surface area contributed by atoms with Gasteiger partial charge >= 0.3 is 0 Å². The standard InChI is InChI=1S/C26H21FN4O3S/c1-16-21-13-23(35-26(21)31(30-16)15-18-4-8-19(27)9-5-18)25(33)28-14-17-6-10-20(11-7-17)29-24(32)22-3-2-12-34-22/h2-13H,14-15H2,1H3,(H,28,33)(H,29,32). The van der Waals surface area contributed by atoms with Crippen LogP contribution in [0.4, 0.5) is 10.1 Å². The topological polar surface area (TPSA) is 89.2 Å². The summed E-state index contributed by atoms with van der Waals surface area (Å²) in [6.07, 6.45) is 1.44. The fourth-order valence-corrected chi connectivity index (χ4v) is 4.75. The molecule has 0 saturated carbocycles. The number of aromatic nitrogens is 2. The van der Waals surface area contributed by atoms with Crippen molar-refractivity contribution in [2.75, 3.05) is 5.32 Å². The Morgan fingerprint density at radius 1 is 1.03 bits per heavy atom. The minimum absolute atomic E-state index is 0.172. The van der Waals surface area contributed by atoms with Crippen molar-refractivity contribution >= 4 is 39.1 Å². The number of furan rings is 1. The number of thiophene rings is 1. The van der Waals surface area contributed by atoms with E-state index in [9.17, 15) is 14.0 Å². The predicted octanol–water partition coefficient (Wildman–Crippen LogP) is 5.37. The second-order valence-electron chi connectivity index (χ2n) is 8.01. The van der Waals surface area contributed by atoms with Gasteiger partial charge in [-0.1, -0.05) is 24.3 Å². The highest BCUT2D eigenvalue weighted by Crippen LogP contribution is 2.29. The maximum Gasteiger partial charge on any atom is 0.291 e. The minimum atomic E-state index is -0.325. The summed E-state index contributed by atoms with van der Waals surface area (Å²) in [5, 5.41) is 11.2. The Morgan fingerprint density at radius 2 is 1.77 bits per heavy atom. The van der Waals surface area contributed by atoms with Crippen LogP contribution in [0.25, 0.3) is 10.2 Å². The van der Waals surface area contributed by atoms with Crippen LogP contribution in [-0.2, 0) is 13.1 Å². The molecule has 0 aliphatic carbocycles. The average Bonchev–Trinajstić information content (AvgIpc) is 3.60. The number of fused-ring (bicyclic) bond motifs is 1. The molecule has 0 aliphatic rings. The van der Waals surface area contributed by atoms with Crippen LogP contribution in [0.5, 0.6) is 0 Å². The van der Waals surface area contributed by atoms with Crippen LogP contribution in [0, 0.1) is 12.7 Å². The Kier molecular flexibility index (Phi) is 6.15. The number of carbonyl (C=O) groups excluding carboxylic acids is 2. The van der Waals surface area contributed by atoms with Gasteiger partial charge in [0.2, 0.25) is 0 Å². The molecule has 0 fully saturated rings. The summed E-state index contributed by atoms with van der Waals surface area (Å²) in [7, 11) is 0. The molecule has 35 heavy (non-hydrogen) atoms. The number of anilines is 1. The summed E-state index contributed by atoms with van der Waals surface area (Å²) >= 11 is 1.38. The van der Waals surface area contributed by atoms with Gasteiger partial charge in [0.15, 0.2) is 5.76 Å². The van der Waals surface area contributed by atoms with Crippen LogP contribution in [0.1, 0.15) is 37.0 Å². The second kappa shape index (κ2) is 9.55. The quantitative estimate of drug-likeness (QED) is 0.322. The first-order valence-electron chi connectivity index (χ1n) is 10.9. The summed E-state index contributed by atoms with van der Waals surface area (Å²) < 4.78 is 20.1. The molecule has 9 heteroatoms. The lowest BCUT2D eigenvalue weighted by Gasteiger charge is -2.07. The van der Waals surface area contributed by atoms with E-state index >= 15 is 0 Å². The van der Waals surface area contributed by atoms with E-state index in [1.807, 2.05) is 29.8 Å². The molecular weight excluding hydrogens is 467 g/mol. The molecule has 0 saturated heterocycles. The van der Waals surface area contributed by atoms with Gasteiger partial charge in [-0.05, 0) is 60.5 Å². The molecule has 3 heterocycles. The first kappa shape index (κ1) is 22.5. The monoisotopic (exact) mass is 488 g/mol. The third kappa shape index (κ3) is 4.99. The lowest BCUT2D eigenvalue weighted by Crippen LogP contribution is -2.21. The number of aryl methyl sites for hydroxylation is 1. The SMILES string of the molecule is Cc1nn(Cc2ccc(F)cc2)c2sc(C(=O)NCc3ccc(NC(=O)c4ccco4)cc3)cc12. The van der Waals surface area contributed by atoms with Crippen LogP contribution < -0.4 is 10.6 Å². The summed E-state index contributed by atoms with van der Waals surface area (Å²) in [4.78, 5) is 26.4. The first-order chi connectivity index (χ1) is 17.0. The molecule has 7 nitrogen and oxygen atoms in total. The van der Waals surface area contributed by atoms with E-state index in [2.05, 4.69) is 15.7 Å². The minimum Gasteiger partial charge on any atom is -0.459 e. The Hall–Kier alpha value is -4.24. The Bertz CT molecular complexity index is 1490. The van der Waals surface area contributed by atoms with Crippen molar-refractivity contribution in [1.82, 2.24) is 15.1 Å². The number of hydrogen-bond acceptors (Lipinski definition) is 5. The number of hydrogen-bond donors (Lipinski definition) is 2. The molecule has 3 aromatic heterocycles. The number of rotatable bonds is 7. The van der Waals surface area contributed by atoms with Crippen molar-refractivity contribution in [1.29, 1.82) is 0 Å². The van der Waals surface area contributed by atoms with Gasteiger partial charge in [0, 0.05) is 17.6 Å². The molecule has 0 aliphatic heterocycles. The molecule has 5 aromatic rings. The summed E-state index contributed by atoms with van der Waals surface area (Å²) in [6, 6.07) is 18.6. The number of nitrogens with zero attached hydrogens (tertiary/aromatic N) is 2. The van der Waals surface area contributed by atoms with Gasteiger partial charge in [-0.3, -0.25) is 14.3 Å². The van der Waals surface area contributed by atoms with Crippen LogP contribution in [-0.4, -0.2) is 21.6 Å². The van der Waals surface area contributed by atoms with Crippen LogP contribution in [0.15, 0.2) is 77.4 Å². The fraction of sp³-hybridized carbons (Fsp3) is 0.115. The van der Waals surface area contributed by atoms with Crippen molar-refractivity contribution in [2.24, 2.45) is 0 Å². The lowest BCUT2D eigenvalue weighted by atomic mass is 10.2. The molecule has 2 aromatic carbocycles. The third-order valence-corrected chi connectivity index (χ3v) is 6.63. The molecule has 0 radical (unpaired) electrons. The average molecular weight is 489 g/mol. The maximum atomic E-state index is 13.2. The normalized spacial score (nSPS) is 11.0. The van der Waals surface area contributed by atoms with Crippen LogP contribution >= 0.6 is 11.3 Å². The van der Waals surface area contributed by atoms with Gasteiger partial charge in [0.25, 0.3) is 11.8 Å². The Balaban J connectivity index is 1.22. The smallest absolute Gasteiger partial charge is 0.291 e. The Labute approximate surface area is 204 Å². The largest absolute Gasteiger partial charge is 0.459 e. The van der Waals surface area contributed by atoms with E-state index in [1.54, 1.807) is 36.4 Å². The molecule has 5 rings (SSSR count). The number of carbonyl (C=O) groups is 2. The predicted molar refractivity (Wildman–Crippen MR) is 132 cm³/mol. The van der Waals surface area contributed by atoms with Crippen LogP contribution in [0.2, 0.25) is 0 Å². The van der Waals surface area contributed by atoms with Crippen molar-refractivity contribution in [2.45, 2.75) is 20.0 Å². The van der Waals surface area contributed by atoms with Crippen molar-refractivity contribution in [3.05, 3.63) is 106 Å². The van der Waals surface area contributed by atoms with E-state index in [1.165, 1.54) is 29.7 Å². The zero-order valence-electron chi connectivity index (χ0n) is 18.7. The number of nitrogens with one attached hydrogen (secondary N) is 2. The van der Waals surface area contributed by atoms with Gasteiger partial charge in [0.05, 0.1) is 23.4 Å². The molecule has 0 spiro atoms. The maximum absolute atomic E-state index is 13.2. The van der Waals surface area contributed by atoms with Crippen LogP contribution in [0.3, 0.4) is 0 Å². The molecule has 0 bridgehead atoms.